The van der Waals surface area contributed by atoms with E-state index in [4.69, 9.17) is 0 Å². The predicted molar refractivity (Wildman–Crippen MR) is 48.5 cm³/mol. The maximum atomic E-state index is 12.2. The molecule has 1 aromatic carbocycles. The first kappa shape index (κ1) is 8.87. The van der Waals surface area contributed by atoms with Crippen molar-refractivity contribution in [2.24, 2.45) is 0 Å². The van der Waals surface area contributed by atoms with Crippen molar-refractivity contribution in [1.82, 2.24) is 9.78 Å². The Hall–Kier alpha value is -1.71. The molecule has 0 atom stereocenters. The number of alkyl halides is 2. The van der Waals surface area contributed by atoms with Gasteiger partial charge in [-0.25, -0.2) is 13.5 Å². The first-order valence-corrected chi connectivity index (χ1v) is 4.16. The summed E-state index contributed by atoms with van der Waals surface area (Å²) in [6.45, 7) is 0. The molecule has 0 aliphatic heterocycles. The van der Waals surface area contributed by atoms with Crippen LogP contribution in [0.5, 0.6) is 0 Å². The minimum absolute atomic E-state index is 0.200. The maximum Gasteiger partial charge on any atom is 0.282 e. The average Bonchev–Trinajstić information content (AvgIpc) is 2.68. The highest BCUT2D eigenvalue weighted by atomic mass is 19.3. The average molecular weight is 194 g/mol. The lowest BCUT2D eigenvalue weighted by Crippen LogP contribution is -1.95. The molecule has 2 nitrogen and oxygen atoms in total. The monoisotopic (exact) mass is 194 g/mol. The predicted octanol–water partition coefficient (Wildman–Crippen LogP) is 2.81. The summed E-state index contributed by atoms with van der Waals surface area (Å²) in [5.74, 6) is 0. The van der Waals surface area contributed by atoms with E-state index in [1.165, 1.54) is 16.9 Å². The lowest BCUT2D eigenvalue weighted by atomic mass is 10.3. The Balaban J connectivity index is 2.34. The highest BCUT2D eigenvalue weighted by molar-refractivity contribution is 5.30. The molecule has 0 fully saturated rings. The number of para-hydroxylation sites is 1. The molecule has 2 rings (SSSR count). The van der Waals surface area contributed by atoms with Gasteiger partial charge in [0.15, 0.2) is 0 Å². The Morgan fingerprint density at radius 3 is 2.36 bits per heavy atom. The summed E-state index contributed by atoms with van der Waals surface area (Å²) in [6.07, 6.45) is -0.989. The van der Waals surface area contributed by atoms with Gasteiger partial charge in [-0.05, 0) is 18.2 Å². The standard InChI is InChI=1S/C10H8F2N2/c11-10(12)9-6-7-14(13-9)8-4-2-1-3-5-8/h1-7,10H. The Morgan fingerprint density at radius 2 is 1.79 bits per heavy atom. The van der Waals surface area contributed by atoms with Crippen molar-refractivity contribution in [1.29, 1.82) is 0 Å². The van der Waals surface area contributed by atoms with E-state index in [1.54, 1.807) is 0 Å². The van der Waals surface area contributed by atoms with E-state index in [0.29, 0.717) is 0 Å². The molecule has 0 spiro atoms. The van der Waals surface area contributed by atoms with Crippen LogP contribution in [0, 0.1) is 0 Å². The van der Waals surface area contributed by atoms with E-state index in [1.807, 2.05) is 30.3 Å². The quantitative estimate of drug-likeness (QED) is 0.718. The Kier molecular flexibility index (Phi) is 2.26. The third-order valence-corrected chi connectivity index (χ3v) is 1.85. The van der Waals surface area contributed by atoms with Gasteiger partial charge < -0.3 is 0 Å². The number of hydrogen-bond donors (Lipinski definition) is 0. The number of rotatable bonds is 2. The fourth-order valence-corrected chi connectivity index (χ4v) is 1.18. The van der Waals surface area contributed by atoms with Crippen molar-refractivity contribution >= 4 is 0 Å². The van der Waals surface area contributed by atoms with Crippen LogP contribution in [0.15, 0.2) is 42.6 Å². The smallest absolute Gasteiger partial charge is 0.241 e. The summed E-state index contributed by atoms with van der Waals surface area (Å²) in [4.78, 5) is 0. The molecule has 0 unspecified atom stereocenters. The normalized spacial score (nSPS) is 10.8. The Labute approximate surface area is 79.8 Å². The van der Waals surface area contributed by atoms with Gasteiger partial charge in [0.25, 0.3) is 6.43 Å². The van der Waals surface area contributed by atoms with Crippen molar-refractivity contribution in [3.8, 4) is 5.69 Å². The van der Waals surface area contributed by atoms with Gasteiger partial charge >= 0.3 is 0 Å². The van der Waals surface area contributed by atoms with E-state index in [2.05, 4.69) is 5.10 Å². The van der Waals surface area contributed by atoms with E-state index in [-0.39, 0.29) is 5.69 Å². The minimum Gasteiger partial charge on any atom is -0.241 e. The van der Waals surface area contributed by atoms with E-state index in [0.717, 1.165) is 5.69 Å². The lowest BCUT2D eigenvalue weighted by molar-refractivity contribution is 0.145. The zero-order valence-corrected chi connectivity index (χ0v) is 7.27. The second-order valence-electron chi connectivity index (χ2n) is 2.82. The molecular formula is C10H8F2N2. The number of hydrogen-bond acceptors (Lipinski definition) is 1. The first-order valence-electron chi connectivity index (χ1n) is 4.16. The number of halogens is 2. The molecule has 0 saturated heterocycles. The van der Waals surface area contributed by atoms with Gasteiger partial charge in [-0.2, -0.15) is 5.10 Å². The molecule has 72 valence electrons. The highest BCUT2D eigenvalue weighted by Crippen LogP contribution is 2.17. The number of benzene rings is 1. The van der Waals surface area contributed by atoms with Crippen LogP contribution in [0.1, 0.15) is 12.1 Å². The summed E-state index contributed by atoms with van der Waals surface area (Å²) in [5.41, 5.74) is 0.577. The summed E-state index contributed by atoms with van der Waals surface area (Å²) >= 11 is 0. The first-order chi connectivity index (χ1) is 6.77. The molecule has 0 radical (unpaired) electrons. The molecular weight excluding hydrogens is 186 g/mol. The second kappa shape index (κ2) is 3.57. The van der Waals surface area contributed by atoms with Crippen LogP contribution >= 0.6 is 0 Å². The topological polar surface area (TPSA) is 17.8 Å². The van der Waals surface area contributed by atoms with Crippen LogP contribution < -0.4 is 0 Å². The molecule has 4 heteroatoms. The zero-order chi connectivity index (χ0) is 9.97. The van der Waals surface area contributed by atoms with Crippen LogP contribution in [0.25, 0.3) is 5.69 Å². The van der Waals surface area contributed by atoms with Gasteiger partial charge in [-0.3, -0.25) is 0 Å². The summed E-state index contributed by atoms with van der Waals surface area (Å²) < 4.78 is 25.9. The fourth-order valence-electron chi connectivity index (χ4n) is 1.18. The molecule has 1 aromatic heterocycles. The van der Waals surface area contributed by atoms with Crippen molar-refractivity contribution < 1.29 is 8.78 Å². The van der Waals surface area contributed by atoms with E-state index >= 15 is 0 Å². The number of aromatic nitrogens is 2. The van der Waals surface area contributed by atoms with Crippen LogP contribution in [0.4, 0.5) is 8.78 Å². The van der Waals surface area contributed by atoms with Gasteiger partial charge in [0, 0.05) is 6.20 Å². The Bertz CT molecular complexity index is 409. The summed E-state index contributed by atoms with van der Waals surface area (Å²) in [7, 11) is 0. The molecule has 0 saturated carbocycles. The molecule has 0 aliphatic rings. The maximum absolute atomic E-state index is 12.2. The third kappa shape index (κ3) is 1.64. The van der Waals surface area contributed by atoms with Crippen molar-refractivity contribution in [2.45, 2.75) is 6.43 Å². The van der Waals surface area contributed by atoms with Gasteiger partial charge in [-0.1, -0.05) is 18.2 Å². The van der Waals surface area contributed by atoms with Gasteiger partial charge in [-0.15, -0.1) is 0 Å². The Morgan fingerprint density at radius 1 is 1.07 bits per heavy atom. The SMILES string of the molecule is FC(F)c1ccn(-c2ccccc2)n1. The van der Waals surface area contributed by atoms with E-state index in [9.17, 15) is 8.78 Å². The van der Waals surface area contributed by atoms with Gasteiger partial charge in [0.05, 0.1) is 5.69 Å². The van der Waals surface area contributed by atoms with E-state index < -0.39 is 6.43 Å². The van der Waals surface area contributed by atoms with Crippen molar-refractivity contribution in [3.63, 3.8) is 0 Å². The molecule has 14 heavy (non-hydrogen) atoms. The van der Waals surface area contributed by atoms with Crippen LogP contribution in [0.3, 0.4) is 0 Å². The van der Waals surface area contributed by atoms with Crippen molar-refractivity contribution in [2.75, 3.05) is 0 Å². The molecule has 0 bridgehead atoms. The van der Waals surface area contributed by atoms with Gasteiger partial charge in [0.2, 0.25) is 0 Å². The molecule has 0 aliphatic carbocycles. The van der Waals surface area contributed by atoms with Gasteiger partial charge in [0.1, 0.15) is 5.69 Å². The van der Waals surface area contributed by atoms with Crippen LogP contribution in [-0.4, -0.2) is 9.78 Å². The second-order valence-corrected chi connectivity index (χ2v) is 2.82. The molecule has 0 N–H and O–H groups in total. The molecule has 1 heterocycles. The molecule has 2 aromatic rings. The lowest BCUT2D eigenvalue weighted by Gasteiger charge is -1.99. The molecule has 0 amide bonds. The van der Waals surface area contributed by atoms with Crippen molar-refractivity contribution in [3.05, 3.63) is 48.3 Å². The number of nitrogens with zero attached hydrogens (tertiary/aromatic N) is 2. The largest absolute Gasteiger partial charge is 0.282 e. The van der Waals surface area contributed by atoms with Crippen LogP contribution in [0.2, 0.25) is 0 Å². The minimum atomic E-state index is -2.51. The summed E-state index contributed by atoms with van der Waals surface area (Å²) in [6, 6.07) is 10.5. The zero-order valence-electron chi connectivity index (χ0n) is 7.27. The highest BCUT2D eigenvalue weighted by Gasteiger charge is 2.10. The van der Waals surface area contributed by atoms with Crippen LogP contribution in [-0.2, 0) is 0 Å². The fraction of sp³-hybridized carbons (Fsp3) is 0.100. The third-order valence-electron chi connectivity index (χ3n) is 1.85. The summed E-state index contributed by atoms with van der Waals surface area (Å²) in [5, 5.41) is 3.75.